The molecule has 1 heterocycles. The summed E-state index contributed by atoms with van der Waals surface area (Å²) in [4.78, 5) is 37.0. The zero-order valence-electron chi connectivity index (χ0n) is 12.8. The molecule has 6 heteroatoms. The number of amides is 2. The van der Waals surface area contributed by atoms with E-state index in [-0.39, 0.29) is 35.7 Å². The number of ether oxygens (including phenoxy) is 1. The first-order chi connectivity index (χ1) is 10.0. The van der Waals surface area contributed by atoms with Gasteiger partial charge in [0.1, 0.15) is 0 Å². The highest BCUT2D eigenvalue weighted by Crippen LogP contribution is 2.26. The molecule has 0 aromatic heterocycles. The van der Waals surface area contributed by atoms with E-state index in [0.29, 0.717) is 19.5 Å². The molecule has 1 unspecified atom stereocenters. The molecule has 1 saturated heterocycles. The molecule has 1 saturated carbocycles. The predicted octanol–water partition coefficient (Wildman–Crippen LogP) is 0.703. The fourth-order valence-corrected chi connectivity index (χ4v) is 3.21. The van der Waals surface area contributed by atoms with Crippen molar-refractivity contribution in [1.82, 2.24) is 10.2 Å². The van der Waals surface area contributed by atoms with Gasteiger partial charge in [-0.25, -0.2) is 0 Å². The van der Waals surface area contributed by atoms with E-state index in [1.807, 2.05) is 6.92 Å². The number of hydrogen-bond donors (Lipinski definition) is 1. The lowest BCUT2D eigenvalue weighted by Gasteiger charge is -2.28. The van der Waals surface area contributed by atoms with Crippen molar-refractivity contribution >= 4 is 17.8 Å². The molecule has 0 spiro atoms. The molecule has 0 aromatic rings. The van der Waals surface area contributed by atoms with Crippen LogP contribution >= 0.6 is 0 Å². The van der Waals surface area contributed by atoms with Gasteiger partial charge in [0.2, 0.25) is 11.8 Å². The number of esters is 1. The molecule has 1 aliphatic carbocycles. The van der Waals surface area contributed by atoms with E-state index in [0.717, 1.165) is 25.7 Å². The molecule has 21 heavy (non-hydrogen) atoms. The first kappa shape index (κ1) is 15.8. The molecule has 2 amide bonds. The van der Waals surface area contributed by atoms with Crippen LogP contribution in [-0.2, 0) is 19.1 Å². The van der Waals surface area contributed by atoms with Crippen molar-refractivity contribution in [2.45, 2.75) is 45.1 Å². The van der Waals surface area contributed by atoms with Crippen molar-refractivity contribution in [2.24, 2.45) is 11.8 Å². The maximum atomic E-state index is 12.2. The Hall–Kier alpha value is -1.59. The number of rotatable bonds is 4. The molecule has 2 aliphatic rings. The van der Waals surface area contributed by atoms with Gasteiger partial charge in [-0.1, -0.05) is 0 Å². The van der Waals surface area contributed by atoms with Crippen molar-refractivity contribution in [2.75, 3.05) is 20.2 Å². The molecule has 0 bridgehead atoms. The standard InChI is InChI=1S/C15H24N2O4/c1-3-17-9-11(8-13(17)18)14(19)16-12-6-4-10(5-7-12)15(20)21-2/h10-12H,3-9H2,1-2H3,(H,16,19). The smallest absolute Gasteiger partial charge is 0.308 e. The SMILES string of the molecule is CCN1CC(C(=O)NC2CCC(C(=O)OC)CC2)CC1=O. The minimum atomic E-state index is -0.226. The van der Waals surface area contributed by atoms with Gasteiger partial charge in [0.15, 0.2) is 0 Å². The lowest BCUT2D eigenvalue weighted by molar-refractivity contribution is -0.146. The van der Waals surface area contributed by atoms with Crippen LogP contribution in [0.2, 0.25) is 0 Å². The quantitative estimate of drug-likeness (QED) is 0.775. The summed E-state index contributed by atoms with van der Waals surface area (Å²) in [5, 5.41) is 3.03. The molecule has 1 N–H and O–H groups in total. The average molecular weight is 296 g/mol. The van der Waals surface area contributed by atoms with Gasteiger partial charge in [-0.2, -0.15) is 0 Å². The first-order valence-electron chi connectivity index (χ1n) is 7.71. The molecule has 1 atom stereocenters. The van der Waals surface area contributed by atoms with E-state index in [2.05, 4.69) is 5.32 Å². The summed E-state index contributed by atoms with van der Waals surface area (Å²) < 4.78 is 4.75. The number of methoxy groups -OCH3 is 1. The topological polar surface area (TPSA) is 75.7 Å². The summed E-state index contributed by atoms with van der Waals surface area (Å²) >= 11 is 0. The van der Waals surface area contributed by atoms with Crippen LogP contribution in [-0.4, -0.2) is 48.9 Å². The molecule has 2 rings (SSSR count). The van der Waals surface area contributed by atoms with Gasteiger partial charge in [0.25, 0.3) is 0 Å². The van der Waals surface area contributed by atoms with Crippen LogP contribution in [0.15, 0.2) is 0 Å². The Balaban J connectivity index is 1.77. The van der Waals surface area contributed by atoms with Crippen LogP contribution in [0.3, 0.4) is 0 Å². The van der Waals surface area contributed by atoms with Crippen molar-refractivity contribution in [3.63, 3.8) is 0 Å². The van der Waals surface area contributed by atoms with E-state index >= 15 is 0 Å². The Morgan fingerprint density at radius 3 is 2.43 bits per heavy atom. The Labute approximate surface area is 125 Å². The van der Waals surface area contributed by atoms with Crippen LogP contribution in [0.25, 0.3) is 0 Å². The van der Waals surface area contributed by atoms with Crippen LogP contribution < -0.4 is 5.32 Å². The lowest BCUT2D eigenvalue weighted by Crippen LogP contribution is -2.42. The summed E-state index contributed by atoms with van der Waals surface area (Å²) in [6, 6.07) is 0.115. The molecule has 0 radical (unpaired) electrons. The number of carbonyl (C=O) groups is 3. The summed E-state index contributed by atoms with van der Waals surface area (Å²) in [6.45, 7) is 3.11. The second kappa shape index (κ2) is 6.91. The summed E-state index contributed by atoms with van der Waals surface area (Å²) in [7, 11) is 1.41. The van der Waals surface area contributed by atoms with Crippen LogP contribution in [0.1, 0.15) is 39.0 Å². The highest BCUT2D eigenvalue weighted by Gasteiger charge is 2.35. The Kier molecular flexibility index (Phi) is 5.20. The van der Waals surface area contributed by atoms with E-state index < -0.39 is 0 Å². The predicted molar refractivity (Wildman–Crippen MR) is 76.3 cm³/mol. The van der Waals surface area contributed by atoms with E-state index in [1.165, 1.54) is 7.11 Å². The van der Waals surface area contributed by atoms with Crippen LogP contribution in [0.4, 0.5) is 0 Å². The van der Waals surface area contributed by atoms with E-state index in [9.17, 15) is 14.4 Å². The molecular weight excluding hydrogens is 272 g/mol. The van der Waals surface area contributed by atoms with Gasteiger partial charge in [-0.05, 0) is 32.6 Å². The number of carbonyl (C=O) groups excluding carboxylic acids is 3. The number of likely N-dealkylation sites (tertiary alicyclic amines) is 1. The van der Waals surface area contributed by atoms with Gasteiger partial charge in [-0.15, -0.1) is 0 Å². The Bertz CT molecular complexity index is 416. The molecular formula is C15H24N2O4. The number of hydrogen-bond acceptors (Lipinski definition) is 4. The fraction of sp³-hybridized carbons (Fsp3) is 0.800. The molecule has 6 nitrogen and oxygen atoms in total. The van der Waals surface area contributed by atoms with Crippen molar-refractivity contribution < 1.29 is 19.1 Å². The third kappa shape index (κ3) is 3.74. The summed E-state index contributed by atoms with van der Waals surface area (Å²) in [5.74, 6) is -0.379. The van der Waals surface area contributed by atoms with Gasteiger partial charge in [0, 0.05) is 25.6 Å². The molecule has 118 valence electrons. The molecule has 0 aromatic carbocycles. The number of nitrogens with one attached hydrogen (secondary N) is 1. The van der Waals surface area contributed by atoms with Crippen molar-refractivity contribution in [3.05, 3.63) is 0 Å². The molecule has 1 aliphatic heterocycles. The van der Waals surface area contributed by atoms with Crippen LogP contribution in [0, 0.1) is 11.8 Å². The average Bonchev–Trinajstić information content (AvgIpc) is 2.88. The second-order valence-electron chi connectivity index (χ2n) is 5.91. The first-order valence-corrected chi connectivity index (χ1v) is 7.71. The second-order valence-corrected chi connectivity index (χ2v) is 5.91. The van der Waals surface area contributed by atoms with Gasteiger partial charge >= 0.3 is 5.97 Å². The van der Waals surface area contributed by atoms with Crippen molar-refractivity contribution in [1.29, 1.82) is 0 Å². The van der Waals surface area contributed by atoms with Gasteiger partial charge in [-0.3, -0.25) is 14.4 Å². The Morgan fingerprint density at radius 1 is 1.24 bits per heavy atom. The van der Waals surface area contributed by atoms with Crippen molar-refractivity contribution in [3.8, 4) is 0 Å². The monoisotopic (exact) mass is 296 g/mol. The summed E-state index contributed by atoms with van der Waals surface area (Å²) in [5.41, 5.74) is 0. The van der Waals surface area contributed by atoms with E-state index in [4.69, 9.17) is 4.74 Å². The fourth-order valence-electron chi connectivity index (χ4n) is 3.21. The maximum Gasteiger partial charge on any atom is 0.308 e. The zero-order valence-corrected chi connectivity index (χ0v) is 12.8. The largest absolute Gasteiger partial charge is 0.469 e. The van der Waals surface area contributed by atoms with Gasteiger partial charge in [0.05, 0.1) is 18.9 Å². The minimum absolute atomic E-state index is 0.0270. The third-order valence-corrected chi connectivity index (χ3v) is 4.58. The summed E-state index contributed by atoms with van der Waals surface area (Å²) in [6.07, 6.45) is 3.41. The molecule has 2 fully saturated rings. The highest BCUT2D eigenvalue weighted by molar-refractivity contribution is 5.89. The van der Waals surface area contributed by atoms with Crippen LogP contribution in [0.5, 0.6) is 0 Å². The zero-order chi connectivity index (χ0) is 15.4. The highest BCUT2D eigenvalue weighted by atomic mass is 16.5. The Morgan fingerprint density at radius 2 is 1.90 bits per heavy atom. The number of nitrogens with zero attached hydrogens (tertiary/aromatic N) is 1. The normalized spacial score (nSPS) is 29.3. The van der Waals surface area contributed by atoms with Gasteiger partial charge < -0.3 is 15.0 Å². The minimum Gasteiger partial charge on any atom is -0.469 e. The lowest BCUT2D eigenvalue weighted by atomic mass is 9.86. The van der Waals surface area contributed by atoms with E-state index in [1.54, 1.807) is 4.90 Å². The third-order valence-electron chi connectivity index (χ3n) is 4.58. The maximum absolute atomic E-state index is 12.2.